The fourth-order valence-electron chi connectivity index (χ4n) is 1.43. The van der Waals surface area contributed by atoms with Crippen molar-refractivity contribution >= 4 is 11.9 Å². The van der Waals surface area contributed by atoms with E-state index >= 15 is 0 Å². The molecule has 0 unspecified atom stereocenters. The summed E-state index contributed by atoms with van der Waals surface area (Å²) in [6.45, 7) is 2.95. The van der Waals surface area contributed by atoms with Gasteiger partial charge >= 0.3 is 5.97 Å². The number of aliphatic hydroxyl groups is 1. The number of nitrogens with one attached hydrogen (secondary N) is 1. The Morgan fingerprint density at radius 2 is 2.12 bits per heavy atom. The predicted molar refractivity (Wildman–Crippen MR) is 58.5 cm³/mol. The van der Waals surface area contributed by atoms with Crippen molar-refractivity contribution in [3.63, 3.8) is 0 Å². The second-order valence-electron chi connectivity index (χ2n) is 3.83. The highest BCUT2D eigenvalue weighted by Gasteiger charge is 2.26. The van der Waals surface area contributed by atoms with Gasteiger partial charge in [0.25, 0.3) is 5.91 Å². The number of hydrogen-bond acceptors (Lipinski definition) is 4. The van der Waals surface area contributed by atoms with Gasteiger partial charge in [0.05, 0.1) is 17.4 Å². The zero-order chi connectivity index (χ0) is 13.2. The van der Waals surface area contributed by atoms with Crippen LogP contribution < -0.4 is 5.32 Å². The molecule has 1 amide bonds. The number of nitrogens with zero attached hydrogens (tertiary/aromatic N) is 2. The average molecular weight is 241 g/mol. The molecule has 0 bridgehead atoms. The van der Waals surface area contributed by atoms with Crippen LogP contribution in [0.4, 0.5) is 0 Å². The minimum atomic E-state index is -1.33. The van der Waals surface area contributed by atoms with Gasteiger partial charge in [0.2, 0.25) is 0 Å². The van der Waals surface area contributed by atoms with E-state index in [4.69, 9.17) is 5.11 Å². The number of carbonyl (C=O) groups is 2. The van der Waals surface area contributed by atoms with Crippen LogP contribution in [0.1, 0.15) is 23.0 Å². The maximum Gasteiger partial charge on any atom is 0.328 e. The molecule has 0 saturated heterocycles. The van der Waals surface area contributed by atoms with Gasteiger partial charge in [-0.2, -0.15) is 5.10 Å². The number of rotatable bonds is 4. The number of carbonyl (C=O) groups excluding carboxylic acids is 1. The summed E-state index contributed by atoms with van der Waals surface area (Å²) in [5.41, 5.74) is 0.791. The summed E-state index contributed by atoms with van der Waals surface area (Å²) in [5.74, 6) is -1.85. The molecule has 1 aromatic rings. The van der Waals surface area contributed by atoms with Crippen LogP contribution in [0, 0.1) is 6.92 Å². The highest BCUT2D eigenvalue weighted by Crippen LogP contribution is 2.05. The molecule has 7 nitrogen and oxygen atoms in total. The first-order valence-corrected chi connectivity index (χ1v) is 5.05. The monoisotopic (exact) mass is 241 g/mol. The molecular weight excluding hydrogens is 226 g/mol. The summed E-state index contributed by atoms with van der Waals surface area (Å²) in [6, 6.07) is -1.33. The number of aliphatic hydroxyl groups excluding tert-OH is 1. The first-order valence-electron chi connectivity index (χ1n) is 5.05. The van der Waals surface area contributed by atoms with Crippen molar-refractivity contribution in [3.05, 3.63) is 17.5 Å². The predicted octanol–water partition coefficient (Wildman–Crippen LogP) is -0.708. The van der Waals surface area contributed by atoms with Crippen LogP contribution in [-0.4, -0.2) is 44.0 Å². The minimum Gasteiger partial charge on any atom is -0.480 e. The lowest BCUT2D eigenvalue weighted by atomic mass is 10.1. The zero-order valence-electron chi connectivity index (χ0n) is 9.84. The molecule has 3 N–H and O–H groups in total. The van der Waals surface area contributed by atoms with Crippen LogP contribution >= 0.6 is 0 Å². The molecule has 1 rings (SSSR count). The Kier molecular flexibility index (Phi) is 3.84. The molecule has 0 aromatic carbocycles. The molecule has 0 aliphatic carbocycles. The molecule has 17 heavy (non-hydrogen) atoms. The van der Waals surface area contributed by atoms with Gasteiger partial charge < -0.3 is 15.5 Å². The standard InChI is InChI=1S/C10H15N3O4/c1-5-7(4-13(3)12-5)9(15)11-8(6(2)14)10(16)17/h4,6,8,14H,1-3H3,(H,11,15)(H,16,17)/t6-,8+/m1/s1. The second-order valence-corrected chi connectivity index (χ2v) is 3.83. The lowest BCUT2D eigenvalue weighted by molar-refractivity contribution is -0.141. The Bertz CT molecular complexity index is 439. The van der Waals surface area contributed by atoms with E-state index in [9.17, 15) is 14.7 Å². The van der Waals surface area contributed by atoms with Crippen molar-refractivity contribution in [2.75, 3.05) is 0 Å². The van der Waals surface area contributed by atoms with Gasteiger partial charge in [0, 0.05) is 13.2 Å². The summed E-state index contributed by atoms with van der Waals surface area (Å²) < 4.78 is 1.46. The van der Waals surface area contributed by atoms with E-state index < -0.39 is 24.0 Å². The second kappa shape index (κ2) is 4.96. The fourth-order valence-corrected chi connectivity index (χ4v) is 1.43. The molecule has 2 atom stereocenters. The maximum absolute atomic E-state index is 11.8. The molecular formula is C10H15N3O4. The highest BCUT2D eigenvalue weighted by atomic mass is 16.4. The molecule has 7 heteroatoms. The molecule has 94 valence electrons. The largest absolute Gasteiger partial charge is 0.480 e. The van der Waals surface area contributed by atoms with Gasteiger partial charge in [-0.3, -0.25) is 9.48 Å². The third-order valence-corrected chi connectivity index (χ3v) is 2.29. The number of aromatic nitrogens is 2. The van der Waals surface area contributed by atoms with Gasteiger partial charge in [0.1, 0.15) is 0 Å². The SMILES string of the molecule is Cc1nn(C)cc1C(=O)N[C@H](C(=O)O)[C@@H](C)O. The van der Waals surface area contributed by atoms with E-state index in [0.29, 0.717) is 11.3 Å². The van der Waals surface area contributed by atoms with E-state index in [1.165, 1.54) is 17.8 Å². The van der Waals surface area contributed by atoms with Crippen LogP contribution in [0.3, 0.4) is 0 Å². The minimum absolute atomic E-state index is 0.291. The molecule has 1 heterocycles. The summed E-state index contributed by atoms with van der Waals surface area (Å²) >= 11 is 0. The van der Waals surface area contributed by atoms with Crippen molar-refractivity contribution in [1.82, 2.24) is 15.1 Å². The number of carboxylic acid groups (broad SMARTS) is 1. The van der Waals surface area contributed by atoms with Crippen molar-refractivity contribution in [2.45, 2.75) is 26.0 Å². The summed E-state index contributed by atoms with van der Waals surface area (Å²) in [7, 11) is 1.66. The summed E-state index contributed by atoms with van der Waals surface area (Å²) in [6.07, 6.45) is 0.319. The number of aliphatic carboxylic acids is 1. The molecule has 1 aromatic heterocycles. The van der Waals surface area contributed by atoms with Gasteiger partial charge in [0.15, 0.2) is 6.04 Å². The van der Waals surface area contributed by atoms with Gasteiger partial charge in [-0.1, -0.05) is 0 Å². The molecule has 0 aliphatic heterocycles. The summed E-state index contributed by atoms with van der Waals surface area (Å²) in [4.78, 5) is 22.6. The molecule has 0 radical (unpaired) electrons. The Labute approximate surface area is 98.1 Å². The van der Waals surface area contributed by atoms with Crippen LogP contribution in [-0.2, 0) is 11.8 Å². The van der Waals surface area contributed by atoms with E-state index in [1.54, 1.807) is 14.0 Å². The average Bonchev–Trinajstić information content (AvgIpc) is 2.53. The van der Waals surface area contributed by atoms with Gasteiger partial charge in [-0.25, -0.2) is 4.79 Å². The maximum atomic E-state index is 11.8. The topological polar surface area (TPSA) is 104 Å². The number of hydrogen-bond donors (Lipinski definition) is 3. The van der Waals surface area contributed by atoms with Crippen LogP contribution in [0.5, 0.6) is 0 Å². The molecule has 0 aliphatic rings. The third kappa shape index (κ3) is 3.04. The lowest BCUT2D eigenvalue weighted by Crippen LogP contribution is -2.47. The Hall–Kier alpha value is -1.89. The van der Waals surface area contributed by atoms with Crippen molar-refractivity contribution in [2.24, 2.45) is 7.05 Å². The van der Waals surface area contributed by atoms with Gasteiger partial charge in [-0.05, 0) is 13.8 Å². The fraction of sp³-hybridized carbons (Fsp3) is 0.500. The Morgan fingerprint density at radius 3 is 2.47 bits per heavy atom. The third-order valence-electron chi connectivity index (χ3n) is 2.29. The quantitative estimate of drug-likeness (QED) is 0.646. The van der Waals surface area contributed by atoms with Crippen LogP contribution in [0.2, 0.25) is 0 Å². The first-order chi connectivity index (χ1) is 7.82. The Balaban J connectivity index is 2.85. The highest BCUT2D eigenvalue weighted by molar-refractivity contribution is 5.97. The van der Waals surface area contributed by atoms with E-state index in [0.717, 1.165) is 0 Å². The number of carboxylic acids is 1. The lowest BCUT2D eigenvalue weighted by Gasteiger charge is -2.16. The van der Waals surface area contributed by atoms with Crippen molar-refractivity contribution in [1.29, 1.82) is 0 Å². The summed E-state index contributed by atoms with van der Waals surface area (Å²) in [5, 5.41) is 24.3. The molecule has 0 fully saturated rings. The van der Waals surface area contributed by atoms with Crippen molar-refractivity contribution < 1.29 is 19.8 Å². The smallest absolute Gasteiger partial charge is 0.328 e. The van der Waals surface area contributed by atoms with Crippen LogP contribution in [0.15, 0.2) is 6.20 Å². The molecule has 0 saturated carbocycles. The number of aryl methyl sites for hydroxylation is 2. The first kappa shape index (κ1) is 13.2. The van der Waals surface area contributed by atoms with E-state index in [1.807, 2.05) is 0 Å². The van der Waals surface area contributed by atoms with Gasteiger partial charge in [-0.15, -0.1) is 0 Å². The van der Waals surface area contributed by atoms with Crippen LogP contribution in [0.25, 0.3) is 0 Å². The zero-order valence-corrected chi connectivity index (χ0v) is 9.84. The van der Waals surface area contributed by atoms with E-state index in [2.05, 4.69) is 10.4 Å². The number of amides is 1. The van der Waals surface area contributed by atoms with Crippen molar-refractivity contribution in [3.8, 4) is 0 Å². The normalized spacial score (nSPS) is 14.1. The Morgan fingerprint density at radius 1 is 1.53 bits per heavy atom. The molecule has 0 spiro atoms. The van der Waals surface area contributed by atoms with E-state index in [-0.39, 0.29) is 0 Å².